The third-order valence-corrected chi connectivity index (χ3v) is 3.62. The first-order valence-electron chi connectivity index (χ1n) is 6.95. The number of piperazine rings is 1. The van der Waals surface area contributed by atoms with E-state index in [1.54, 1.807) is 6.07 Å². The van der Waals surface area contributed by atoms with Crippen LogP contribution in [-0.4, -0.2) is 62.0 Å². The number of aldehydes is 1. The van der Waals surface area contributed by atoms with E-state index >= 15 is 0 Å². The van der Waals surface area contributed by atoms with Crippen molar-refractivity contribution in [2.24, 2.45) is 0 Å². The fourth-order valence-corrected chi connectivity index (χ4v) is 2.32. The highest BCUT2D eigenvalue weighted by Crippen LogP contribution is 2.15. The van der Waals surface area contributed by atoms with Crippen molar-refractivity contribution >= 4 is 18.7 Å². The number of carbonyl (C=O) groups is 1. The summed E-state index contributed by atoms with van der Waals surface area (Å²) in [6, 6.07) is 7.37. The lowest BCUT2D eigenvalue weighted by molar-refractivity contribution is 0.111. The molecule has 1 heterocycles. The van der Waals surface area contributed by atoms with Crippen molar-refractivity contribution in [2.45, 2.75) is 6.92 Å². The molecular formula is C15H23ClN2O2. The standard InChI is InChI=1S/C15H22N2O2.ClH/c1-2-16-7-9-17(10-8-16)11-12-19-15-6-4-3-5-14(15)13-18;/h3-6,13H,2,7-12H2,1H3;1H. The van der Waals surface area contributed by atoms with Gasteiger partial charge in [0.1, 0.15) is 12.4 Å². The minimum atomic E-state index is 0. The smallest absolute Gasteiger partial charge is 0.153 e. The van der Waals surface area contributed by atoms with Crippen LogP contribution in [0.4, 0.5) is 0 Å². The normalized spacial score (nSPS) is 16.4. The highest BCUT2D eigenvalue weighted by atomic mass is 35.5. The van der Waals surface area contributed by atoms with E-state index in [9.17, 15) is 4.79 Å². The Morgan fingerprint density at radius 1 is 1.15 bits per heavy atom. The summed E-state index contributed by atoms with van der Waals surface area (Å²) in [6.45, 7) is 9.38. The van der Waals surface area contributed by atoms with Gasteiger partial charge in [0.15, 0.2) is 6.29 Å². The quantitative estimate of drug-likeness (QED) is 0.752. The molecule has 0 bridgehead atoms. The number of halogens is 1. The summed E-state index contributed by atoms with van der Waals surface area (Å²) in [6.07, 6.45) is 0.843. The summed E-state index contributed by atoms with van der Waals surface area (Å²) in [5, 5.41) is 0. The minimum Gasteiger partial charge on any atom is -0.492 e. The third kappa shape index (κ3) is 4.78. The van der Waals surface area contributed by atoms with E-state index in [1.807, 2.05) is 18.2 Å². The monoisotopic (exact) mass is 298 g/mol. The number of nitrogens with zero attached hydrogens (tertiary/aromatic N) is 2. The van der Waals surface area contributed by atoms with Crippen molar-refractivity contribution in [3.05, 3.63) is 29.8 Å². The van der Waals surface area contributed by atoms with Crippen molar-refractivity contribution in [3.8, 4) is 5.75 Å². The molecule has 0 aliphatic carbocycles. The number of hydrogen-bond donors (Lipinski definition) is 0. The Kier molecular flexibility index (Phi) is 7.59. The second-order valence-corrected chi connectivity index (χ2v) is 4.78. The number of benzene rings is 1. The Morgan fingerprint density at radius 3 is 2.45 bits per heavy atom. The van der Waals surface area contributed by atoms with Crippen LogP contribution in [0.2, 0.25) is 0 Å². The van der Waals surface area contributed by atoms with Crippen molar-refractivity contribution in [1.29, 1.82) is 0 Å². The maximum atomic E-state index is 10.9. The molecule has 0 unspecified atom stereocenters. The molecular weight excluding hydrogens is 276 g/mol. The highest BCUT2D eigenvalue weighted by Gasteiger charge is 2.15. The van der Waals surface area contributed by atoms with E-state index in [1.165, 1.54) is 0 Å². The van der Waals surface area contributed by atoms with Crippen LogP contribution in [0.5, 0.6) is 5.75 Å². The molecule has 1 aliphatic heterocycles. The van der Waals surface area contributed by atoms with Crippen molar-refractivity contribution in [2.75, 3.05) is 45.9 Å². The molecule has 0 atom stereocenters. The van der Waals surface area contributed by atoms with Crippen LogP contribution in [0, 0.1) is 0 Å². The maximum absolute atomic E-state index is 10.9. The van der Waals surface area contributed by atoms with Gasteiger partial charge in [-0.25, -0.2) is 0 Å². The second-order valence-electron chi connectivity index (χ2n) is 4.78. The van der Waals surface area contributed by atoms with Gasteiger partial charge in [0.2, 0.25) is 0 Å². The summed E-state index contributed by atoms with van der Waals surface area (Å²) < 4.78 is 5.70. The molecule has 1 aromatic carbocycles. The van der Waals surface area contributed by atoms with Crippen LogP contribution in [0.1, 0.15) is 17.3 Å². The predicted molar refractivity (Wildman–Crippen MR) is 83.1 cm³/mol. The Hall–Kier alpha value is -1.10. The molecule has 0 amide bonds. The fourth-order valence-electron chi connectivity index (χ4n) is 2.32. The van der Waals surface area contributed by atoms with Crippen molar-refractivity contribution in [1.82, 2.24) is 9.80 Å². The Balaban J connectivity index is 0.00000200. The second kappa shape index (κ2) is 8.95. The van der Waals surface area contributed by atoms with E-state index in [0.717, 1.165) is 45.6 Å². The van der Waals surface area contributed by atoms with Crippen LogP contribution in [-0.2, 0) is 0 Å². The molecule has 0 spiro atoms. The number of carbonyl (C=O) groups excluding carboxylic acids is 1. The molecule has 4 nitrogen and oxygen atoms in total. The Bertz CT molecular complexity index is 407. The Labute approximate surface area is 127 Å². The van der Waals surface area contributed by atoms with Crippen LogP contribution in [0.15, 0.2) is 24.3 Å². The number of likely N-dealkylation sites (N-methyl/N-ethyl adjacent to an activating group) is 1. The first-order valence-corrected chi connectivity index (χ1v) is 6.95. The zero-order valence-corrected chi connectivity index (χ0v) is 12.8. The van der Waals surface area contributed by atoms with E-state index < -0.39 is 0 Å². The molecule has 0 saturated carbocycles. The third-order valence-electron chi connectivity index (χ3n) is 3.62. The molecule has 1 aromatic rings. The van der Waals surface area contributed by atoms with E-state index in [0.29, 0.717) is 17.9 Å². The first kappa shape index (κ1) is 17.0. The predicted octanol–water partition coefficient (Wildman–Crippen LogP) is 1.94. The van der Waals surface area contributed by atoms with Crippen LogP contribution >= 0.6 is 12.4 Å². The van der Waals surface area contributed by atoms with Gasteiger partial charge >= 0.3 is 0 Å². The van der Waals surface area contributed by atoms with Gasteiger partial charge in [-0.3, -0.25) is 9.69 Å². The van der Waals surface area contributed by atoms with Gasteiger partial charge in [-0.2, -0.15) is 0 Å². The number of hydrogen-bond acceptors (Lipinski definition) is 4. The summed E-state index contributed by atoms with van der Waals surface area (Å²) in [4.78, 5) is 15.7. The highest BCUT2D eigenvalue weighted by molar-refractivity contribution is 5.85. The largest absolute Gasteiger partial charge is 0.492 e. The van der Waals surface area contributed by atoms with Gasteiger partial charge in [-0.05, 0) is 18.7 Å². The lowest BCUT2D eigenvalue weighted by Crippen LogP contribution is -2.47. The molecule has 1 aliphatic rings. The van der Waals surface area contributed by atoms with E-state index in [-0.39, 0.29) is 12.4 Å². The number of para-hydroxylation sites is 1. The van der Waals surface area contributed by atoms with E-state index in [4.69, 9.17) is 4.74 Å². The van der Waals surface area contributed by atoms with Gasteiger partial charge in [-0.1, -0.05) is 19.1 Å². The van der Waals surface area contributed by atoms with Crippen molar-refractivity contribution < 1.29 is 9.53 Å². The topological polar surface area (TPSA) is 32.8 Å². The SMILES string of the molecule is CCN1CCN(CCOc2ccccc2C=O)CC1.Cl. The maximum Gasteiger partial charge on any atom is 0.153 e. The molecule has 112 valence electrons. The van der Waals surface area contributed by atoms with Crippen molar-refractivity contribution in [3.63, 3.8) is 0 Å². The van der Waals surface area contributed by atoms with Crippen LogP contribution in [0.3, 0.4) is 0 Å². The molecule has 0 radical (unpaired) electrons. The Morgan fingerprint density at radius 2 is 1.80 bits per heavy atom. The minimum absolute atomic E-state index is 0. The average Bonchev–Trinajstić information content (AvgIpc) is 2.48. The van der Waals surface area contributed by atoms with Crippen LogP contribution in [0.25, 0.3) is 0 Å². The molecule has 1 saturated heterocycles. The van der Waals surface area contributed by atoms with Gasteiger partial charge in [-0.15, -0.1) is 12.4 Å². The zero-order chi connectivity index (χ0) is 13.5. The molecule has 1 fully saturated rings. The lowest BCUT2D eigenvalue weighted by atomic mass is 10.2. The van der Waals surface area contributed by atoms with Gasteiger partial charge in [0.05, 0.1) is 5.56 Å². The molecule has 0 aromatic heterocycles. The zero-order valence-electron chi connectivity index (χ0n) is 12.0. The summed E-state index contributed by atoms with van der Waals surface area (Å²) in [7, 11) is 0. The molecule has 5 heteroatoms. The first-order chi connectivity index (χ1) is 9.33. The summed E-state index contributed by atoms with van der Waals surface area (Å²) in [5.74, 6) is 0.685. The molecule has 20 heavy (non-hydrogen) atoms. The number of rotatable bonds is 6. The molecule has 2 rings (SSSR count). The lowest BCUT2D eigenvalue weighted by Gasteiger charge is -2.33. The van der Waals surface area contributed by atoms with Gasteiger partial charge < -0.3 is 9.64 Å². The van der Waals surface area contributed by atoms with Gasteiger partial charge in [0, 0.05) is 32.7 Å². The summed E-state index contributed by atoms with van der Waals surface area (Å²) >= 11 is 0. The number of ether oxygens (including phenoxy) is 1. The molecule has 0 N–H and O–H groups in total. The fraction of sp³-hybridized carbons (Fsp3) is 0.533. The summed E-state index contributed by atoms with van der Waals surface area (Å²) in [5.41, 5.74) is 0.623. The average molecular weight is 299 g/mol. The van der Waals surface area contributed by atoms with E-state index in [2.05, 4.69) is 16.7 Å². The van der Waals surface area contributed by atoms with Crippen LogP contribution < -0.4 is 4.74 Å². The van der Waals surface area contributed by atoms with Gasteiger partial charge in [0.25, 0.3) is 0 Å².